The van der Waals surface area contributed by atoms with Gasteiger partial charge in [0.25, 0.3) is 0 Å². The molecule has 0 amide bonds. The molecule has 3 atom stereocenters. The topological polar surface area (TPSA) is 46.2 Å². The number of hydrogen-bond donors (Lipinski definition) is 2. The third-order valence-electron chi connectivity index (χ3n) is 5.28. The maximum absolute atomic E-state index is 11.1. The minimum absolute atomic E-state index is 0.124. The van der Waals surface area contributed by atoms with Gasteiger partial charge < -0.3 is 10.8 Å². The second-order valence-corrected chi connectivity index (χ2v) is 7.49. The van der Waals surface area contributed by atoms with Crippen molar-refractivity contribution in [3.8, 4) is 0 Å². The molecular formula is C17H26BrNO. The normalized spacial score (nSPS) is 29.4. The first-order valence-electron chi connectivity index (χ1n) is 7.59. The number of aliphatic hydroxyl groups is 1. The molecule has 1 aliphatic rings. The molecule has 1 aromatic rings. The molecule has 3 N–H and O–H groups in total. The molecule has 0 saturated heterocycles. The number of nitrogens with two attached hydrogens (primary N) is 1. The fraction of sp³-hybridized carbons (Fsp3) is 0.647. The van der Waals surface area contributed by atoms with Crippen molar-refractivity contribution in [2.24, 2.45) is 17.1 Å². The van der Waals surface area contributed by atoms with Crippen LogP contribution in [0.15, 0.2) is 28.7 Å². The molecule has 2 rings (SSSR count). The van der Waals surface area contributed by atoms with E-state index in [-0.39, 0.29) is 5.41 Å². The van der Waals surface area contributed by atoms with Crippen LogP contribution in [0.3, 0.4) is 0 Å². The quantitative estimate of drug-likeness (QED) is 0.854. The maximum atomic E-state index is 11.1. The van der Waals surface area contributed by atoms with Crippen molar-refractivity contribution < 1.29 is 5.11 Å². The summed E-state index contributed by atoms with van der Waals surface area (Å²) >= 11 is 3.45. The molecule has 3 unspecified atom stereocenters. The van der Waals surface area contributed by atoms with E-state index in [1.807, 2.05) is 19.1 Å². The zero-order valence-corrected chi connectivity index (χ0v) is 14.1. The van der Waals surface area contributed by atoms with Crippen molar-refractivity contribution >= 4 is 15.9 Å². The van der Waals surface area contributed by atoms with Gasteiger partial charge >= 0.3 is 0 Å². The Balaban J connectivity index is 2.17. The van der Waals surface area contributed by atoms with Gasteiger partial charge in [0.15, 0.2) is 0 Å². The summed E-state index contributed by atoms with van der Waals surface area (Å²) in [5, 5.41) is 11.1. The van der Waals surface area contributed by atoms with Gasteiger partial charge in [0.05, 0.1) is 5.60 Å². The lowest BCUT2D eigenvalue weighted by Gasteiger charge is -2.43. The number of hydrogen-bond acceptors (Lipinski definition) is 2. The van der Waals surface area contributed by atoms with E-state index in [9.17, 15) is 5.11 Å². The predicted molar refractivity (Wildman–Crippen MR) is 87.6 cm³/mol. The standard InChI is InChI=1S/C17H26BrNO/c1-3-13-8-9-17(11-13,12-19)16(2,20)10-14-4-6-15(18)7-5-14/h4-7,13,20H,3,8-12,19H2,1-2H3. The highest BCUT2D eigenvalue weighted by Crippen LogP contribution is 2.50. The molecule has 3 heteroatoms. The van der Waals surface area contributed by atoms with Gasteiger partial charge in [-0.3, -0.25) is 0 Å². The molecule has 0 bridgehead atoms. The van der Waals surface area contributed by atoms with Gasteiger partial charge in [0.2, 0.25) is 0 Å². The molecule has 0 aliphatic heterocycles. The van der Waals surface area contributed by atoms with Gasteiger partial charge in [-0.05, 0) is 49.8 Å². The van der Waals surface area contributed by atoms with E-state index in [1.54, 1.807) is 0 Å². The number of benzene rings is 1. The molecule has 1 aromatic carbocycles. The second-order valence-electron chi connectivity index (χ2n) is 6.58. The highest BCUT2D eigenvalue weighted by atomic mass is 79.9. The van der Waals surface area contributed by atoms with E-state index in [0.717, 1.165) is 23.2 Å². The maximum Gasteiger partial charge on any atom is 0.0728 e. The first-order chi connectivity index (χ1) is 9.42. The third kappa shape index (κ3) is 3.10. The lowest BCUT2D eigenvalue weighted by Crippen LogP contribution is -2.50. The van der Waals surface area contributed by atoms with Crippen LogP contribution < -0.4 is 5.73 Å². The lowest BCUT2D eigenvalue weighted by molar-refractivity contribution is -0.0646. The van der Waals surface area contributed by atoms with E-state index >= 15 is 0 Å². The molecule has 1 aliphatic carbocycles. The first-order valence-corrected chi connectivity index (χ1v) is 8.38. The summed E-state index contributed by atoms with van der Waals surface area (Å²) in [6.45, 7) is 4.79. The Labute approximate surface area is 130 Å². The van der Waals surface area contributed by atoms with Gasteiger partial charge in [0, 0.05) is 22.9 Å². The van der Waals surface area contributed by atoms with Crippen molar-refractivity contribution in [1.82, 2.24) is 0 Å². The lowest BCUT2D eigenvalue weighted by atomic mass is 9.68. The van der Waals surface area contributed by atoms with E-state index in [0.29, 0.717) is 13.0 Å². The van der Waals surface area contributed by atoms with Crippen LogP contribution in [0.25, 0.3) is 0 Å². The predicted octanol–water partition coefficient (Wildman–Crippen LogP) is 3.90. The Morgan fingerprint density at radius 1 is 1.40 bits per heavy atom. The Morgan fingerprint density at radius 3 is 2.55 bits per heavy atom. The van der Waals surface area contributed by atoms with E-state index in [1.165, 1.54) is 18.4 Å². The SMILES string of the molecule is CCC1CCC(CN)(C(C)(O)Cc2ccc(Br)cc2)C1. The Kier molecular flexibility index (Phi) is 4.93. The highest BCUT2D eigenvalue weighted by molar-refractivity contribution is 9.10. The Morgan fingerprint density at radius 2 is 2.05 bits per heavy atom. The average molecular weight is 340 g/mol. The van der Waals surface area contributed by atoms with Crippen LogP contribution in [0, 0.1) is 11.3 Å². The van der Waals surface area contributed by atoms with E-state index < -0.39 is 5.60 Å². The Bertz CT molecular complexity index is 443. The third-order valence-corrected chi connectivity index (χ3v) is 5.81. The number of rotatable bonds is 5. The molecule has 0 heterocycles. The van der Waals surface area contributed by atoms with E-state index in [2.05, 4.69) is 35.0 Å². The van der Waals surface area contributed by atoms with Crippen molar-refractivity contribution in [3.05, 3.63) is 34.3 Å². The van der Waals surface area contributed by atoms with Gasteiger partial charge in [-0.25, -0.2) is 0 Å². The summed E-state index contributed by atoms with van der Waals surface area (Å²) in [5.41, 5.74) is 6.39. The summed E-state index contributed by atoms with van der Waals surface area (Å²) in [6.07, 6.45) is 5.17. The molecule has 0 aromatic heterocycles. The van der Waals surface area contributed by atoms with Crippen LogP contribution in [-0.2, 0) is 6.42 Å². The number of halogens is 1. The van der Waals surface area contributed by atoms with Crippen molar-refractivity contribution in [2.75, 3.05) is 6.54 Å². The first kappa shape index (κ1) is 16.0. The molecule has 0 radical (unpaired) electrons. The van der Waals surface area contributed by atoms with Gasteiger partial charge in [-0.15, -0.1) is 0 Å². The van der Waals surface area contributed by atoms with Crippen LogP contribution in [0.1, 0.15) is 45.1 Å². The van der Waals surface area contributed by atoms with Crippen LogP contribution in [0.2, 0.25) is 0 Å². The summed E-state index contributed by atoms with van der Waals surface area (Å²) in [6, 6.07) is 8.22. The highest BCUT2D eigenvalue weighted by Gasteiger charge is 2.49. The minimum Gasteiger partial charge on any atom is -0.389 e. The van der Waals surface area contributed by atoms with Crippen LogP contribution in [-0.4, -0.2) is 17.3 Å². The molecule has 1 saturated carbocycles. The minimum atomic E-state index is -0.737. The molecule has 1 fully saturated rings. The van der Waals surface area contributed by atoms with Crippen molar-refractivity contribution in [1.29, 1.82) is 0 Å². The van der Waals surface area contributed by atoms with Gasteiger partial charge in [-0.1, -0.05) is 41.4 Å². The van der Waals surface area contributed by atoms with Crippen LogP contribution >= 0.6 is 15.9 Å². The molecule has 0 spiro atoms. The molecule has 2 nitrogen and oxygen atoms in total. The van der Waals surface area contributed by atoms with Crippen molar-refractivity contribution in [3.63, 3.8) is 0 Å². The summed E-state index contributed by atoms with van der Waals surface area (Å²) in [7, 11) is 0. The van der Waals surface area contributed by atoms with Gasteiger partial charge in [0.1, 0.15) is 0 Å². The van der Waals surface area contributed by atoms with Crippen molar-refractivity contribution in [2.45, 2.75) is 51.6 Å². The fourth-order valence-electron chi connectivity index (χ4n) is 3.67. The summed E-state index contributed by atoms with van der Waals surface area (Å²) in [5.74, 6) is 0.718. The second kappa shape index (κ2) is 6.17. The average Bonchev–Trinajstić information content (AvgIpc) is 2.87. The molecule has 20 heavy (non-hydrogen) atoms. The Hall–Kier alpha value is -0.380. The molecule has 112 valence electrons. The zero-order chi connectivity index (χ0) is 14.8. The summed E-state index contributed by atoms with van der Waals surface area (Å²) < 4.78 is 1.07. The fourth-order valence-corrected chi connectivity index (χ4v) is 3.93. The molecular weight excluding hydrogens is 314 g/mol. The smallest absolute Gasteiger partial charge is 0.0728 e. The van der Waals surface area contributed by atoms with Gasteiger partial charge in [-0.2, -0.15) is 0 Å². The van der Waals surface area contributed by atoms with E-state index in [4.69, 9.17) is 5.73 Å². The largest absolute Gasteiger partial charge is 0.389 e. The monoisotopic (exact) mass is 339 g/mol. The van der Waals surface area contributed by atoms with Crippen LogP contribution in [0.5, 0.6) is 0 Å². The van der Waals surface area contributed by atoms with Crippen LogP contribution in [0.4, 0.5) is 0 Å². The summed E-state index contributed by atoms with van der Waals surface area (Å²) in [4.78, 5) is 0. The zero-order valence-electron chi connectivity index (χ0n) is 12.5.